The van der Waals surface area contributed by atoms with Crippen LogP contribution in [0.25, 0.3) is 0 Å². The van der Waals surface area contributed by atoms with Crippen LogP contribution < -0.4 is 10.6 Å². The third kappa shape index (κ3) is 5.18. The molecule has 0 bridgehead atoms. The molecule has 1 unspecified atom stereocenters. The number of thiazole rings is 1. The minimum Gasteiger partial charge on any atom is -0.357 e. The van der Waals surface area contributed by atoms with Crippen molar-refractivity contribution in [3.8, 4) is 0 Å². The number of aromatic nitrogens is 1. The molecule has 1 fully saturated rings. The Kier molecular flexibility index (Phi) is 6.36. The number of aliphatic imine (C=N–C) groups is 1. The van der Waals surface area contributed by atoms with E-state index in [1.54, 1.807) is 11.3 Å². The highest BCUT2D eigenvalue weighted by atomic mass is 32.2. The number of rotatable bonds is 6. The van der Waals surface area contributed by atoms with Gasteiger partial charge in [0.1, 0.15) is 5.01 Å². The molecule has 1 atom stereocenters. The molecule has 0 amide bonds. The molecule has 1 aliphatic heterocycles. The average Bonchev–Trinajstić information content (AvgIpc) is 3.11. The summed E-state index contributed by atoms with van der Waals surface area (Å²) in [5, 5.41) is 7.90. The zero-order chi connectivity index (χ0) is 15.1. The van der Waals surface area contributed by atoms with Gasteiger partial charge in [-0.05, 0) is 38.9 Å². The van der Waals surface area contributed by atoms with Gasteiger partial charge < -0.3 is 10.6 Å². The van der Waals surface area contributed by atoms with Gasteiger partial charge in [-0.25, -0.2) is 9.98 Å². The molecule has 6 heteroatoms. The van der Waals surface area contributed by atoms with E-state index in [-0.39, 0.29) is 0 Å². The Balaban J connectivity index is 1.89. The maximum Gasteiger partial charge on any atom is 0.191 e. The first kappa shape index (κ1) is 16.6. The molecule has 0 spiro atoms. The zero-order valence-electron chi connectivity index (χ0n) is 13.2. The van der Waals surface area contributed by atoms with Gasteiger partial charge in [-0.1, -0.05) is 6.92 Å². The van der Waals surface area contributed by atoms with Crippen molar-refractivity contribution < 1.29 is 0 Å². The molecule has 0 radical (unpaired) electrons. The number of hydrogen-bond acceptors (Lipinski definition) is 4. The van der Waals surface area contributed by atoms with Gasteiger partial charge in [0, 0.05) is 28.9 Å². The molecule has 4 nitrogen and oxygen atoms in total. The molecule has 2 rings (SSSR count). The van der Waals surface area contributed by atoms with Gasteiger partial charge in [0.05, 0.1) is 6.54 Å². The maximum atomic E-state index is 4.66. The van der Waals surface area contributed by atoms with E-state index in [1.807, 2.05) is 6.20 Å². The Hall–Kier alpha value is -0.750. The van der Waals surface area contributed by atoms with E-state index < -0.39 is 0 Å². The van der Waals surface area contributed by atoms with Crippen molar-refractivity contribution in [1.82, 2.24) is 15.6 Å². The fourth-order valence-corrected chi connectivity index (χ4v) is 4.35. The SMILES string of the molecule is CCNC(=NCc1ncc(CC)s1)NCC1(C)CCCS1. The molecule has 1 saturated heterocycles. The first-order chi connectivity index (χ1) is 10.1. The van der Waals surface area contributed by atoms with Crippen LogP contribution in [-0.2, 0) is 13.0 Å². The van der Waals surface area contributed by atoms with E-state index in [0.717, 1.165) is 30.5 Å². The summed E-state index contributed by atoms with van der Waals surface area (Å²) in [7, 11) is 0. The number of hydrogen-bond donors (Lipinski definition) is 2. The van der Waals surface area contributed by atoms with Crippen LogP contribution in [0, 0.1) is 0 Å². The summed E-state index contributed by atoms with van der Waals surface area (Å²) in [6.07, 6.45) is 5.63. The van der Waals surface area contributed by atoms with Gasteiger partial charge in [-0.3, -0.25) is 0 Å². The highest BCUT2D eigenvalue weighted by Gasteiger charge is 2.29. The molecule has 1 aromatic heterocycles. The number of guanidine groups is 1. The highest BCUT2D eigenvalue weighted by Crippen LogP contribution is 2.36. The average molecular weight is 327 g/mol. The number of aryl methyl sites for hydroxylation is 1. The summed E-state index contributed by atoms with van der Waals surface area (Å²) >= 11 is 3.83. The minimum atomic E-state index is 0.354. The van der Waals surface area contributed by atoms with Crippen LogP contribution in [-0.4, -0.2) is 34.5 Å². The zero-order valence-corrected chi connectivity index (χ0v) is 14.9. The topological polar surface area (TPSA) is 49.3 Å². The number of nitrogens with zero attached hydrogens (tertiary/aromatic N) is 2. The molecule has 0 aliphatic carbocycles. The van der Waals surface area contributed by atoms with Crippen molar-refractivity contribution in [1.29, 1.82) is 0 Å². The summed E-state index contributed by atoms with van der Waals surface area (Å²) < 4.78 is 0.354. The first-order valence-corrected chi connectivity index (χ1v) is 9.55. The van der Waals surface area contributed by atoms with Crippen molar-refractivity contribution in [2.45, 2.75) is 51.3 Å². The summed E-state index contributed by atoms with van der Waals surface area (Å²) in [4.78, 5) is 10.4. The molecular weight excluding hydrogens is 300 g/mol. The standard InChI is InChI=1S/C15H26N4S2/c1-4-12-9-17-13(21-12)10-18-14(16-5-2)19-11-15(3)7-6-8-20-15/h9H,4-8,10-11H2,1-3H3,(H2,16,18,19). The second-order valence-electron chi connectivity index (χ2n) is 5.52. The largest absolute Gasteiger partial charge is 0.357 e. The second kappa shape index (κ2) is 8.03. The molecule has 0 saturated carbocycles. The number of nitrogens with one attached hydrogen (secondary N) is 2. The van der Waals surface area contributed by atoms with E-state index in [2.05, 4.69) is 53.1 Å². The lowest BCUT2D eigenvalue weighted by Gasteiger charge is -2.24. The maximum absolute atomic E-state index is 4.66. The van der Waals surface area contributed by atoms with Crippen LogP contribution in [0.15, 0.2) is 11.2 Å². The summed E-state index contributed by atoms with van der Waals surface area (Å²) in [6, 6.07) is 0. The van der Waals surface area contributed by atoms with Crippen LogP contribution in [0.5, 0.6) is 0 Å². The summed E-state index contributed by atoms with van der Waals surface area (Å²) in [5.41, 5.74) is 0. The molecule has 118 valence electrons. The van der Waals surface area contributed by atoms with Gasteiger partial charge in [-0.2, -0.15) is 11.8 Å². The van der Waals surface area contributed by atoms with Gasteiger partial charge in [0.2, 0.25) is 0 Å². The van der Waals surface area contributed by atoms with Crippen LogP contribution in [0.3, 0.4) is 0 Å². The van der Waals surface area contributed by atoms with E-state index in [4.69, 9.17) is 0 Å². The fraction of sp³-hybridized carbons (Fsp3) is 0.733. The quantitative estimate of drug-likeness (QED) is 0.623. The molecule has 1 aliphatic rings. The van der Waals surface area contributed by atoms with Crippen LogP contribution in [0.1, 0.15) is 43.5 Å². The van der Waals surface area contributed by atoms with Crippen molar-refractivity contribution in [3.63, 3.8) is 0 Å². The van der Waals surface area contributed by atoms with E-state index in [0.29, 0.717) is 11.3 Å². The fourth-order valence-electron chi connectivity index (χ4n) is 2.32. The van der Waals surface area contributed by atoms with Crippen molar-refractivity contribution in [2.24, 2.45) is 4.99 Å². The lowest BCUT2D eigenvalue weighted by molar-refractivity contribution is 0.584. The molecule has 0 aromatic carbocycles. The van der Waals surface area contributed by atoms with Crippen molar-refractivity contribution in [3.05, 3.63) is 16.1 Å². The predicted octanol–water partition coefficient (Wildman–Crippen LogP) is 3.05. The lowest BCUT2D eigenvalue weighted by Crippen LogP contribution is -2.43. The van der Waals surface area contributed by atoms with Crippen molar-refractivity contribution >= 4 is 29.1 Å². The Bertz CT molecular complexity index is 464. The van der Waals surface area contributed by atoms with Crippen molar-refractivity contribution in [2.75, 3.05) is 18.8 Å². The minimum absolute atomic E-state index is 0.354. The molecular formula is C15H26N4S2. The molecule has 2 heterocycles. The Morgan fingerprint density at radius 1 is 1.43 bits per heavy atom. The lowest BCUT2D eigenvalue weighted by atomic mass is 10.1. The van der Waals surface area contributed by atoms with Gasteiger partial charge in [0.15, 0.2) is 5.96 Å². The first-order valence-electron chi connectivity index (χ1n) is 7.75. The highest BCUT2D eigenvalue weighted by molar-refractivity contribution is 8.00. The van der Waals surface area contributed by atoms with E-state index >= 15 is 0 Å². The predicted molar refractivity (Wildman–Crippen MR) is 94.4 cm³/mol. The monoisotopic (exact) mass is 326 g/mol. The molecule has 2 N–H and O–H groups in total. The third-order valence-electron chi connectivity index (χ3n) is 3.60. The van der Waals surface area contributed by atoms with Crippen LogP contribution in [0.4, 0.5) is 0 Å². The van der Waals surface area contributed by atoms with Gasteiger partial charge in [-0.15, -0.1) is 11.3 Å². The third-order valence-corrected chi connectivity index (χ3v) is 6.26. The Morgan fingerprint density at radius 2 is 2.29 bits per heavy atom. The van der Waals surface area contributed by atoms with Gasteiger partial charge in [0.25, 0.3) is 0 Å². The molecule has 21 heavy (non-hydrogen) atoms. The van der Waals surface area contributed by atoms with Crippen LogP contribution in [0.2, 0.25) is 0 Å². The summed E-state index contributed by atoms with van der Waals surface area (Å²) in [5.74, 6) is 2.18. The van der Waals surface area contributed by atoms with Gasteiger partial charge >= 0.3 is 0 Å². The second-order valence-corrected chi connectivity index (χ2v) is 8.41. The Labute approximate surface area is 136 Å². The van der Waals surface area contributed by atoms with E-state index in [9.17, 15) is 0 Å². The summed E-state index contributed by atoms with van der Waals surface area (Å²) in [6.45, 7) is 9.11. The van der Waals surface area contributed by atoms with Crippen LogP contribution >= 0.6 is 23.1 Å². The van der Waals surface area contributed by atoms with E-state index in [1.165, 1.54) is 23.5 Å². The normalized spacial score (nSPS) is 22.5. The smallest absolute Gasteiger partial charge is 0.191 e. The number of thioether (sulfide) groups is 1. The Morgan fingerprint density at radius 3 is 2.90 bits per heavy atom. The molecule has 1 aromatic rings.